The largest absolute Gasteiger partial charge is 0.381 e. The van der Waals surface area contributed by atoms with E-state index >= 15 is 0 Å². The lowest BCUT2D eigenvalue weighted by atomic mass is 9.72. The minimum Gasteiger partial charge on any atom is -0.381 e. The van der Waals surface area contributed by atoms with Gasteiger partial charge in [0.1, 0.15) is 12.2 Å². The van der Waals surface area contributed by atoms with Crippen molar-refractivity contribution in [1.82, 2.24) is 29.4 Å². The molecule has 2 aromatic heterocycles. The minimum atomic E-state index is 0.259. The van der Waals surface area contributed by atoms with Crippen LogP contribution in [-0.2, 0) is 25.4 Å². The summed E-state index contributed by atoms with van der Waals surface area (Å²) in [6, 6.07) is 0. The smallest absolute Gasteiger partial charge is 0.137 e. The first-order chi connectivity index (χ1) is 11.6. The van der Waals surface area contributed by atoms with E-state index in [1.807, 2.05) is 24.3 Å². The van der Waals surface area contributed by atoms with Crippen molar-refractivity contribution >= 4 is 0 Å². The zero-order valence-corrected chi connectivity index (χ0v) is 14.8. The monoisotopic (exact) mass is 330 g/mol. The summed E-state index contributed by atoms with van der Waals surface area (Å²) in [7, 11) is 4.06. The Morgan fingerprint density at radius 3 is 2.71 bits per heavy atom. The summed E-state index contributed by atoms with van der Waals surface area (Å²) in [6.45, 7) is 6.94. The van der Waals surface area contributed by atoms with Crippen molar-refractivity contribution in [2.45, 2.75) is 32.2 Å². The van der Waals surface area contributed by atoms with Gasteiger partial charge in [-0.05, 0) is 25.2 Å². The molecule has 0 N–H and O–H groups in total. The van der Waals surface area contributed by atoms with E-state index in [4.69, 9.17) is 4.74 Å². The third kappa shape index (κ3) is 2.56. The van der Waals surface area contributed by atoms with Gasteiger partial charge in [-0.3, -0.25) is 9.58 Å². The Morgan fingerprint density at radius 1 is 1.29 bits per heavy atom. The molecule has 7 nitrogen and oxygen atoms in total. The van der Waals surface area contributed by atoms with Crippen LogP contribution in [0.2, 0.25) is 0 Å². The van der Waals surface area contributed by atoms with Gasteiger partial charge in [-0.2, -0.15) is 5.10 Å². The van der Waals surface area contributed by atoms with Crippen molar-refractivity contribution in [1.29, 1.82) is 0 Å². The van der Waals surface area contributed by atoms with Gasteiger partial charge in [-0.1, -0.05) is 0 Å². The van der Waals surface area contributed by atoms with Crippen LogP contribution in [0.25, 0.3) is 0 Å². The molecule has 4 heterocycles. The van der Waals surface area contributed by atoms with Gasteiger partial charge in [-0.15, -0.1) is 10.2 Å². The van der Waals surface area contributed by atoms with Crippen LogP contribution in [0.1, 0.15) is 35.8 Å². The second-order valence-corrected chi connectivity index (χ2v) is 7.38. The Labute approximate surface area is 142 Å². The first kappa shape index (κ1) is 15.8. The van der Waals surface area contributed by atoms with Crippen LogP contribution in [0.15, 0.2) is 12.5 Å². The molecule has 0 aliphatic carbocycles. The number of hydrogen-bond donors (Lipinski definition) is 0. The SMILES string of the molecule is Cc1c(CN2CC(c3nncn3C)C3(CCOCC3)C2)cnn1C. The average Bonchev–Trinajstić information content (AvgIpc) is 3.23. The Balaban J connectivity index is 1.61. The van der Waals surface area contributed by atoms with E-state index in [1.54, 1.807) is 0 Å². The lowest BCUT2D eigenvalue weighted by Gasteiger charge is -2.37. The van der Waals surface area contributed by atoms with Crippen molar-refractivity contribution in [2.24, 2.45) is 19.5 Å². The van der Waals surface area contributed by atoms with Crippen molar-refractivity contribution < 1.29 is 4.74 Å². The van der Waals surface area contributed by atoms with Crippen molar-refractivity contribution in [2.75, 3.05) is 26.3 Å². The molecule has 0 amide bonds. The third-order valence-electron chi connectivity index (χ3n) is 6.00. The van der Waals surface area contributed by atoms with Gasteiger partial charge in [0.25, 0.3) is 0 Å². The highest BCUT2D eigenvalue weighted by Gasteiger charge is 2.49. The number of likely N-dealkylation sites (tertiary alicyclic amines) is 1. The molecule has 2 saturated heterocycles. The number of rotatable bonds is 3. The van der Waals surface area contributed by atoms with Gasteiger partial charge in [0.2, 0.25) is 0 Å². The molecule has 2 aromatic rings. The fourth-order valence-electron chi connectivity index (χ4n) is 4.38. The van der Waals surface area contributed by atoms with Crippen molar-refractivity contribution in [3.63, 3.8) is 0 Å². The standard InChI is InChI=1S/C17H26N6O/c1-13-14(8-19-22(13)3)9-23-10-15(16-20-18-12-21(16)2)17(11-23)4-6-24-7-5-17/h8,12,15H,4-7,9-11H2,1-3H3. The number of nitrogens with zero attached hydrogens (tertiary/aromatic N) is 6. The summed E-state index contributed by atoms with van der Waals surface area (Å²) in [5.74, 6) is 1.54. The summed E-state index contributed by atoms with van der Waals surface area (Å²) < 4.78 is 9.69. The van der Waals surface area contributed by atoms with E-state index in [2.05, 4.69) is 38.7 Å². The second-order valence-electron chi connectivity index (χ2n) is 7.38. The average molecular weight is 330 g/mol. The minimum absolute atomic E-state index is 0.259. The van der Waals surface area contributed by atoms with E-state index < -0.39 is 0 Å². The first-order valence-electron chi connectivity index (χ1n) is 8.70. The number of ether oxygens (including phenoxy) is 1. The summed E-state index contributed by atoms with van der Waals surface area (Å²) in [6.07, 6.45) is 6.03. The molecule has 130 valence electrons. The van der Waals surface area contributed by atoms with Gasteiger partial charge in [0.15, 0.2) is 0 Å². The Hall–Kier alpha value is -1.73. The second kappa shape index (κ2) is 5.97. The zero-order chi connectivity index (χ0) is 16.7. The molecule has 1 atom stereocenters. The quantitative estimate of drug-likeness (QED) is 0.848. The number of aryl methyl sites for hydroxylation is 2. The molecule has 0 bridgehead atoms. The lowest BCUT2D eigenvalue weighted by molar-refractivity contribution is 0.0105. The van der Waals surface area contributed by atoms with Gasteiger partial charge >= 0.3 is 0 Å². The van der Waals surface area contributed by atoms with Crippen LogP contribution in [0.4, 0.5) is 0 Å². The molecule has 1 unspecified atom stereocenters. The predicted octanol–water partition coefficient (Wildman–Crippen LogP) is 1.25. The van der Waals surface area contributed by atoms with E-state index in [9.17, 15) is 0 Å². The summed E-state index contributed by atoms with van der Waals surface area (Å²) in [5.41, 5.74) is 2.83. The molecule has 0 radical (unpaired) electrons. The topological polar surface area (TPSA) is 61.0 Å². The highest BCUT2D eigenvalue weighted by atomic mass is 16.5. The van der Waals surface area contributed by atoms with Crippen molar-refractivity contribution in [3.05, 3.63) is 29.6 Å². The number of hydrogen-bond acceptors (Lipinski definition) is 5. The van der Waals surface area contributed by atoms with Gasteiger partial charge in [0, 0.05) is 64.1 Å². The zero-order valence-electron chi connectivity index (χ0n) is 14.8. The molecular weight excluding hydrogens is 304 g/mol. The van der Waals surface area contributed by atoms with Crippen LogP contribution in [0, 0.1) is 12.3 Å². The van der Waals surface area contributed by atoms with E-state index in [1.165, 1.54) is 11.3 Å². The van der Waals surface area contributed by atoms with Gasteiger partial charge < -0.3 is 9.30 Å². The predicted molar refractivity (Wildman–Crippen MR) is 89.5 cm³/mol. The maximum Gasteiger partial charge on any atom is 0.137 e. The maximum atomic E-state index is 5.65. The molecule has 0 aromatic carbocycles. The molecule has 1 spiro atoms. The van der Waals surface area contributed by atoms with Crippen LogP contribution in [0.3, 0.4) is 0 Å². The molecule has 4 rings (SSSR count). The van der Waals surface area contributed by atoms with Crippen LogP contribution in [0.5, 0.6) is 0 Å². The highest BCUT2D eigenvalue weighted by molar-refractivity contribution is 5.18. The first-order valence-corrected chi connectivity index (χ1v) is 8.70. The lowest BCUT2D eigenvalue weighted by Crippen LogP contribution is -2.36. The van der Waals surface area contributed by atoms with E-state index in [-0.39, 0.29) is 5.41 Å². The molecule has 0 saturated carbocycles. The van der Waals surface area contributed by atoms with Crippen molar-refractivity contribution in [3.8, 4) is 0 Å². The number of aromatic nitrogens is 5. The van der Waals surface area contributed by atoms with Crippen LogP contribution >= 0.6 is 0 Å². The molecule has 2 fully saturated rings. The van der Waals surface area contributed by atoms with Crippen LogP contribution < -0.4 is 0 Å². The third-order valence-corrected chi connectivity index (χ3v) is 6.00. The molecule has 7 heteroatoms. The Kier molecular flexibility index (Phi) is 3.92. The molecule has 24 heavy (non-hydrogen) atoms. The molecule has 2 aliphatic rings. The Morgan fingerprint density at radius 2 is 2.08 bits per heavy atom. The molecule has 2 aliphatic heterocycles. The normalized spacial score (nSPS) is 24.0. The summed E-state index contributed by atoms with van der Waals surface area (Å²) >= 11 is 0. The maximum absolute atomic E-state index is 5.65. The summed E-state index contributed by atoms with van der Waals surface area (Å²) in [5, 5.41) is 12.9. The Bertz CT molecular complexity index is 714. The van der Waals surface area contributed by atoms with E-state index in [0.29, 0.717) is 5.92 Å². The summed E-state index contributed by atoms with van der Waals surface area (Å²) in [4.78, 5) is 2.56. The van der Waals surface area contributed by atoms with Crippen LogP contribution in [-0.4, -0.2) is 55.7 Å². The highest BCUT2D eigenvalue weighted by Crippen LogP contribution is 2.49. The van der Waals surface area contributed by atoms with Gasteiger partial charge in [0.05, 0.1) is 6.20 Å². The fourth-order valence-corrected chi connectivity index (χ4v) is 4.38. The van der Waals surface area contributed by atoms with E-state index in [0.717, 1.165) is 51.5 Å². The molecular formula is C17H26N6O. The van der Waals surface area contributed by atoms with Gasteiger partial charge in [-0.25, -0.2) is 0 Å². The fraction of sp³-hybridized carbons (Fsp3) is 0.706.